The lowest BCUT2D eigenvalue weighted by atomic mass is 10.1. The molecule has 0 aliphatic carbocycles. The zero-order valence-corrected chi connectivity index (χ0v) is 11.9. The molecule has 0 aromatic heterocycles. The highest BCUT2D eigenvalue weighted by molar-refractivity contribution is 9.12. The summed E-state index contributed by atoms with van der Waals surface area (Å²) in [5, 5.41) is 15.9. The highest BCUT2D eigenvalue weighted by atomic mass is 79.9. The molecule has 0 amide bonds. The molecule has 0 bridgehead atoms. The summed E-state index contributed by atoms with van der Waals surface area (Å²) < 4.78 is 24.2. The fourth-order valence-corrected chi connectivity index (χ4v) is 1.30. The van der Waals surface area contributed by atoms with E-state index in [1.807, 2.05) is 0 Å². The molecule has 8 heteroatoms. The van der Waals surface area contributed by atoms with Crippen molar-refractivity contribution < 1.29 is 23.8 Å². The van der Waals surface area contributed by atoms with E-state index >= 15 is 0 Å². The van der Waals surface area contributed by atoms with Crippen molar-refractivity contribution >= 4 is 49.4 Å². The normalized spacial score (nSPS) is 17.1. The van der Waals surface area contributed by atoms with Gasteiger partial charge in [0.25, 0.3) is 5.97 Å². The first-order valence-electron chi connectivity index (χ1n) is 3.63. The fraction of sp³-hybridized carbons (Fsp3) is 0.857. The Morgan fingerprint density at radius 1 is 1.60 bits per heavy atom. The van der Waals surface area contributed by atoms with Crippen LogP contribution >= 0.6 is 43.5 Å². The predicted molar refractivity (Wildman–Crippen MR) is 61.2 cm³/mol. The summed E-state index contributed by atoms with van der Waals surface area (Å²) in [4.78, 5) is 9.00. The van der Waals surface area contributed by atoms with E-state index in [9.17, 15) is 8.78 Å². The molecule has 0 aromatic carbocycles. The maximum Gasteiger partial charge on any atom is 0.302 e. The molecule has 2 N–H and O–H groups in total. The van der Waals surface area contributed by atoms with Crippen molar-refractivity contribution in [1.82, 2.24) is 0 Å². The molecule has 0 spiro atoms. The molecule has 2 atom stereocenters. The Kier molecular flexibility index (Phi) is 8.34. The van der Waals surface area contributed by atoms with Crippen molar-refractivity contribution in [2.45, 2.75) is 29.7 Å². The van der Waals surface area contributed by atoms with Crippen LogP contribution in [0.2, 0.25) is 0 Å². The molecule has 0 radical (unpaired) electrons. The SMILES string of the molecule is CC(=O)O.CC(Br)(CBr)C(F)(F)C(O)Cl. The van der Waals surface area contributed by atoms with Gasteiger partial charge in [0, 0.05) is 12.3 Å². The number of hydrogen-bond acceptors (Lipinski definition) is 2. The zero-order valence-electron chi connectivity index (χ0n) is 7.98. The van der Waals surface area contributed by atoms with Crippen LogP contribution < -0.4 is 0 Å². The van der Waals surface area contributed by atoms with Crippen LogP contribution in [0.15, 0.2) is 0 Å². The molecule has 0 aliphatic heterocycles. The molecule has 0 fully saturated rings. The second-order valence-electron chi connectivity index (χ2n) is 2.81. The first-order valence-corrected chi connectivity index (χ1v) is 5.98. The van der Waals surface area contributed by atoms with Gasteiger partial charge in [0.2, 0.25) is 0 Å². The minimum atomic E-state index is -3.36. The highest BCUT2D eigenvalue weighted by Crippen LogP contribution is 2.41. The van der Waals surface area contributed by atoms with Crippen LogP contribution in [-0.4, -0.2) is 37.3 Å². The van der Waals surface area contributed by atoms with Gasteiger partial charge in [-0.05, 0) is 6.92 Å². The predicted octanol–water partition coefficient (Wildman–Crippen LogP) is 2.82. The molecular weight excluding hydrogens is 365 g/mol. The van der Waals surface area contributed by atoms with Gasteiger partial charge in [0.05, 0.1) is 4.32 Å². The molecular formula is C7H11Br2ClF2O3. The number of carbonyl (C=O) groups is 1. The molecule has 2 unspecified atom stereocenters. The van der Waals surface area contributed by atoms with E-state index in [-0.39, 0.29) is 5.33 Å². The topological polar surface area (TPSA) is 57.5 Å². The van der Waals surface area contributed by atoms with Crippen LogP contribution in [0.25, 0.3) is 0 Å². The number of rotatable bonds is 3. The Labute approximate surface area is 108 Å². The first-order chi connectivity index (χ1) is 6.49. The molecule has 0 aliphatic rings. The van der Waals surface area contributed by atoms with Crippen molar-refractivity contribution in [2.75, 3.05) is 5.33 Å². The Morgan fingerprint density at radius 3 is 1.93 bits per heavy atom. The molecule has 0 saturated carbocycles. The Hall–Kier alpha value is 0.540. The smallest absolute Gasteiger partial charge is 0.302 e. The number of alkyl halides is 5. The molecule has 0 rings (SSSR count). The number of carboxylic acids is 1. The lowest BCUT2D eigenvalue weighted by Gasteiger charge is -2.31. The Balaban J connectivity index is 0. The van der Waals surface area contributed by atoms with Crippen LogP contribution in [0.3, 0.4) is 0 Å². The number of carboxylic acid groups (broad SMARTS) is 1. The van der Waals surface area contributed by atoms with Gasteiger partial charge in [0.1, 0.15) is 0 Å². The lowest BCUT2D eigenvalue weighted by molar-refractivity contribution is -0.134. The van der Waals surface area contributed by atoms with Crippen molar-refractivity contribution in [3.8, 4) is 0 Å². The van der Waals surface area contributed by atoms with Gasteiger partial charge in [0.15, 0.2) is 5.56 Å². The zero-order chi connectivity index (χ0) is 12.9. The standard InChI is InChI=1S/C5H7Br2ClF2O.C2H4O2/c1-4(7,2-6)5(9,10)3(8)11;1-2(3)4/h3,11H,2H2,1H3;1H3,(H,3,4). The fourth-order valence-electron chi connectivity index (χ4n) is 0.337. The maximum absolute atomic E-state index is 12.9. The molecule has 0 saturated heterocycles. The largest absolute Gasteiger partial charge is 0.481 e. The van der Waals surface area contributed by atoms with E-state index in [2.05, 4.69) is 31.9 Å². The van der Waals surface area contributed by atoms with Crippen LogP contribution in [0, 0.1) is 0 Å². The van der Waals surface area contributed by atoms with E-state index in [0.717, 1.165) is 6.92 Å². The monoisotopic (exact) mass is 374 g/mol. The Morgan fingerprint density at radius 2 is 1.87 bits per heavy atom. The first kappa shape index (κ1) is 17.9. The average molecular weight is 376 g/mol. The van der Waals surface area contributed by atoms with Gasteiger partial charge in [-0.1, -0.05) is 43.5 Å². The van der Waals surface area contributed by atoms with Gasteiger partial charge in [-0.3, -0.25) is 4.79 Å². The van der Waals surface area contributed by atoms with Crippen molar-refractivity contribution in [3.05, 3.63) is 0 Å². The van der Waals surface area contributed by atoms with E-state index in [1.165, 1.54) is 6.92 Å². The van der Waals surface area contributed by atoms with Crippen LogP contribution in [0.1, 0.15) is 13.8 Å². The third-order valence-electron chi connectivity index (χ3n) is 1.25. The van der Waals surface area contributed by atoms with E-state index in [0.29, 0.717) is 0 Å². The van der Waals surface area contributed by atoms with Crippen molar-refractivity contribution in [2.24, 2.45) is 0 Å². The van der Waals surface area contributed by atoms with Gasteiger partial charge >= 0.3 is 5.92 Å². The number of halogens is 5. The number of aliphatic hydroxyl groups is 1. The van der Waals surface area contributed by atoms with Gasteiger partial charge in [-0.2, -0.15) is 0 Å². The summed E-state index contributed by atoms with van der Waals surface area (Å²) in [6.07, 6.45) is 0. The lowest BCUT2D eigenvalue weighted by Crippen LogP contribution is -2.48. The molecule has 0 aromatic rings. The van der Waals surface area contributed by atoms with Crippen molar-refractivity contribution in [1.29, 1.82) is 0 Å². The van der Waals surface area contributed by atoms with E-state index in [1.54, 1.807) is 0 Å². The molecule has 92 valence electrons. The van der Waals surface area contributed by atoms with E-state index in [4.69, 9.17) is 26.6 Å². The minimum absolute atomic E-state index is 0.00319. The molecule has 0 heterocycles. The summed E-state index contributed by atoms with van der Waals surface area (Å²) in [6, 6.07) is 0. The number of hydrogen-bond donors (Lipinski definition) is 2. The minimum Gasteiger partial charge on any atom is -0.481 e. The third-order valence-corrected chi connectivity index (χ3v) is 4.20. The Bertz CT molecular complexity index is 208. The van der Waals surface area contributed by atoms with E-state index < -0.39 is 21.8 Å². The average Bonchev–Trinajstić information content (AvgIpc) is 2.02. The molecule has 15 heavy (non-hydrogen) atoms. The summed E-state index contributed by atoms with van der Waals surface area (Å²) in [7, 11) is 0. The van der Waals surface area contributed by atoms with Crippen molar-refractivity contribution in [3.63, 3.8) is 0 Å². The summed E-state index contributed by atoms with van der Waals surface area (Å²) in [6.45, 7) is 2.33. The highest BCUT2D eigenvalue weighted by Gasteiger charge is 2.52. The second kappa shape index (κ2) is 6.98. The summed E-state index contributed by atoms with van der Waals surface area (Å²) >= 11 is 10.5. The van der Waals surface area contributed by atoms with Crippen LogP contribution in [-0.2, 0) is 4.79 Å². The summed E-state index contributed by atoms with van der Waals surface area (Å²) in [5.74, 6) is -4.20. The number of aliphatic hydroxyl groups excluding tert-OH is 1. The quantitative estimate of drug-likeness (QED) is 0.745. The third kappa shape index (κ3) is 6.65. The number of aliphatic carboxylic acids is 1. The molecule has 3 nitrogen and oxygen atoms in total. The van der Waals surface area contributed by atoms with Crippen LogP contribution in [0.5, 0.6) is 0 Å². The van der Waals surface area contributed by atoms with Crippen LogP contribution in [0.4, 0.5) is 8.78 Å². The second-order valence-corrected chi connectivity index (χ2v) is 5.53. The van der Waals surface area contributed by atoms with Gasteiger partial charge in [-0.15, -0.1) is 0 Å². The summed E-state index contributed by atoms with van der Waals surface area (Å²) in [5.41, 5.74) is -2.18. The van der Waals surface area contributed by atoms with Gasteiger partial charge in [-0.25, -0.2) is 8.78 Å². The van der Waals surface area contributed by atoms with Gasteiger partial charge < -0.3 is 10.2 Å². The maximum atomic E-state index is 12.9.